The zero-order chi connectivity index (χ0) is 31.1. The van der Waals surface area contributed by atoms with E-state index in [1.807, 2.05) is 71.9 Å². The first-order valence-electron chi connectivity index (χ1n) is 13.6. The molecule has 11 heteroatoms. The molecule has 0 aliphatic carbocycles. The second-order valence-electron chi connectivity index (χ2n) is 9.98. The van der Waals surface area contributed by atoms with Crippen molar-refractivity contribution in [1.82, 2.24) is 9.62 Å². The third-order valence-electron chi connectivity index (χ3n) is 5.11. The van der Waals surface area contributed by atoms with Crippen molar-refractivity contribution in [3.8, 4) is 0 Å². The van der Waals surface area contributed by atoms with Gasteiger partial charge in [-0.3, -0.25) is 10.1 Å². The van der Waals surface area contributed by atoms with E-state index in [-0.39, 0.29) is 36.0 Å². The van der Waals surface area contributed by atoms with Crippen LogP contribution >= 0.6 is 0 Å². The molecule has 0 aliphatic rings. The molecule has 1 amide bonds. The average Bonchev–Trinajstić information content (AvgIpc) is 2.89. The fraction of sp³-hybridized carbons (Fsp3) is 0.552. The van der Waals surface area contributed by atoms with Crippen LogP contribution in [0.5, 0.6) is 0 Å². The summed E-state index contributed by atoms with van der Waals surface area (Å²) >= 11 is 0. The second-order valence-corrected chi connectivity index (χ2v) is 11.9. The monoisotopic (exact) mass is 581 g/mol. The average molecular weight is 582 g/mol. The van der Waals surface area contributed by atoms with E-state index in [9.17, 15) is 28.4 Å². The summed E-state index contributed by atoms with van der Waals surface area (Å²) in [5, 5.41) is 24.8. The summed E-state index contributed by atoms with van der Waals surface area (Å²) < 4.78 is 33.3. The van der Waals surface area contributed by atoms with Crippen LogP contribution in [0.3, 0.4) is 0 Å². The maximum atomic E-state index is 13.4. The molecule has 226 valence electrons. The number of non-ortho nitro benzene ring substituents is 1. The SMILES string of the molecule is CC.CC.CC(C)CN(C[C@@H](O)[C@H](Cc1ccccc1)NC(=O)OC(C)(C)C)S(=O)(=O)c1ccc([N+](=O)[O-])cc1. The number of nitrogens with one attached hydrogen (secondary N) is 1. The number of hydrogen-bond donors (Lipinski definition) is 2. The Morgan fingerprint density at radius 2 is 1.52 bits per heavy atom. The van der Waals surface area contributed by atoms with Crippen molar-refractivity contribution in [1.29, 1.82) is 0 Å². The number of nitro benzene ring substituents is 1. The van der Waals surface area contributed by atoms with Crippen molar-refractivity contribution in [2.75, 3.05) is 13.1 Å². The Kier molecular flexibility index (Phi) is 16.3. The van der Waals surface area contributed by atoms with E-state index in [4.69, 9.17) is 4.74 Å². The van der Waals surface area contributed by atoms with Crippen LogP contribution in [0.4, 0.5) is 10.5 Å². The molecule has 0 unspecified atom stereocenters. The third kappa shape index (κ3) is 12.9. The number of nitro groups is 1. The quantitative estimate of drug-likeness (QED) is 0.253. The van der Waals surface area contributed by atoms with Gasteiger partial charge in [-0.2, -0.15) is 4.31 Å². The molecule has 0 aromatic heterocycles. The fourth-order valence-electron chi connectivity index (χ4n) is 3.51. The molecule has 2 N–H and O–H groups in total. The van der Waals surface area contributed by atoms with Gasteiger partial charge in [-0.25, -0.2) is 13.2 Å². The number of hydrogen-bond acceptors (Lipinski definition) is 7. The van der Waals surface area contributed by atoms with Gasteiger partial charge in [0, 0.05) is 25.2 Å². The van der Waals surface area contributed by atoms with Crippen LogP contribution in [0.15, 0.2) is 59.5 Å². The predicted octanol–water partition coefficient (Wildman–Crippen LogP) is 5.79. The smallest absolute Gasteiger partial charge is 0.407 e. The number of amides is 1. The van der Waals surface area contributed by atoms with E-state index in [1.54, 1.807) is 20.8 Å². The highest BCUT2D eigenvalue weighted by atomic mass is 32.2. The van der Waals surface area contributed by atoms with E-state index in [2.05, 4.69) is 5.32 Å². The number of benzene rings is 2. The van der Waals surface area contributed by atoms with E-state index in [1.165, 1.54) is 12.1 Å². The van der Waals surface area contributed by atoms with Crippen molar-refractivity contribution >= 4 is 21.8 Å². The zero-order valence-corrected chi connectivity index (χ0v) is 26.1. The van der Waals surface area contributed by atoms with Crippen molar-refractivity contribution in [2.45, 2.75) is 91.4 Å². The first-order valence-corrected chi connectivity index (χ1v) is 15.1. The summed E-state index contributed by atoms with van der Waals surface area (Å²) in [5.74, 6) is -0.0728. The molecule has 0 bridgehead atoms. The predicted molar refractivity (Wildman–Crippen MR) is 159 cm³/mol. The van der Waals surface area contributed by atoms with Crippen molar-refractivity contribution < 1.29 is 28.0 Å². The normalized spacial score (nSPS) is 12.8. The molecule has 2 atom stereocenters. The maximum Gasteiger partial charge on any atom is 0.407 e. The summed E-state index contributed by atoms with van der Waals surface area (Å²) in [5.41, 5.74) is -0.143. The van der Waals surface area contributed by atoms with Crippen LogP contribution in [-0.4, -0.2) is 59.7 Å². The van der Waals surface area contributed by atoms with Crippen molar-refractivity contribution in [3.63, 3.8) is 0 Å². The summed E-state index contributed by atoms with van der Waals surface area (Å²) in [7, 11) is -4.09. The Morgan fingerprint density at radius 1 is 1.00 bits per heavy atom. The molecule has 0 aliphatic heterocycles. The molecule has 0 fully saturated rings. The van der Waals surface area contributed by atoms with Crippen LogP contribution < -0.4 is 5.32 Å². The van der Waals surface area contributed by atoms with Crippen LogP contribution in [0, 0.1) is 16.0 Å². The lowest BCUT2D eigenvalue weighted by atomic mass is 10.0. The van der Waals surface area contributed by atoms with Gasteiger partial charge in [-0.05, 0) is 50.8 Å². The second kappa shape index (κ2) is 17.6. The Bertz CT molecular complexity index is 1120. The molecular weight excluding hydrogens is 534 g/mol. The van der Waals surface area contributed by atoms with E-state index >= 15 is 0 Å². The number of aliphatic hydroxyl groups excluding tert-OH is 1. The number of alkyl carbamates (subject to hydrolysis) is 1. The molecule has 0 saturated carbocycles. The lowest BCUT2D eigenvalue weighted by Gasteiger charge is -2.31. The van der Waals surface area contributed by atoms with Gasteiger partial charge in [-0.1, -0.05) is 71.9 Å². The lowest BCUT2D eigenvalue weighted by molar-refractivity contribution is -0.384. The minimum atomic E-state index is -4.09. The number of rotatable bonds is 11. The third-order valence-corrected chi connectivity index (χ3v) is 6.96. The molecule has 2 rings (SSSR count). The summed E-state index contributed by atoms with van der Waals surface area (Å²) in [6.07, 6.45) is -1.76. The minimum Gasteiger partial charge on any atom is -0.444 e. The molecule has 0 heterocycles. The summed E-state index contributed by atoms with van der Waals surface area (Å²) in [6, 6.07) is 12.9. The van der Waals surface area contributed by atoms with Gasteiger partial charge < -0.3 is 15.2 Å². The highest BCUT2D eigenvalue weighted by Crippen LogP contribution is 2.22. The van der Waals surface area contributed by atoms with Gasteiger partial charge in [0.2, 0.25) is 10.0 Å². The van der Waals surface area contributed by atoms with Gasteiger partial charge >= 0.3 is 6.09 Å². The number of nitrogens with zero attached hydrogens (tertiary/aromatic N) is 2. The Hall–Kier alpha value is -3.02. The van der Waals surface area contributed by atoms with Gasteiger partial charge in [-0.15, -0.1) is 0 Å². The van der Waals surface area contributed by atoms with Crippen LogP contribution in [0.25, 0.3) is 0 Å². The lowest BCUT2D eigenvalue weighted by Crippen LogP contribution is -2.51. The maximum absolute atomic E-state index is 13.4. The molecular formula is C29H47N3O7S. The van der Waals surface area contributed by atoms with Crippen LogP contribution in [0.2, 0.25) is 0 Å². The van der Waals surface area contributed by atoms with E-state index in [0.717, 1.165) is 22.0 Å². The van der Waals surface area contributed by atoms with Gasteiger partial charge in [0.15, 0.2) is 0 Å². The van der Waals surface area contributed by atoms with E-state index in [0.29, 0.717) is 0 Å². The minimum absolute atomic E-state index is 0.0728. The highest BCUT2D eigenvalue weighted by molar-refractivity contribution is 7.89. The number of ether oxygens (including phenoxy) is 1. The highest BCUT2D eigenvalue weighted by Gasteiger charge is 2.32. The molecule has 2 aromatic rings. The Balaban J connectivity index is 0.00000363. The molecule has 0 saturated heterocycles. The number of carbonyl (C=O) groups is 1. The van der Waals surface area contributed by atoms with Crippen molar-refractivity contribution in [2.24, 2.45) is 5.92 Å². The first-order chi connectivity index (χ1) is 18.7. The Labute approximate surface area is 239 Å². The van der Waals surface area contributed by atoms with Gasteiger partial charge in [0.1, 0.15) is 5.60 Å². The van der Waals surface area contributed by atoms with Gasteiger partial charge in [0.05, 0.1) is 22.0 Å². The number of sulfonamides is 1. The number of aliphatic hydroxyl groups is 1. The van der Waals surface area contributed by atoms with Crippen LogP contribution in [0.1, 0.15) is 67.9 Å². The van der Waals surface area contributed by atoms with Crippen molar-refractivity contribution in [3.05, 3.63) is 70.3 Å². The van der Waals surface area contributed by atoms with Gasteiger partial charge in [0.25, 0.3) is 5.69 Å². The largest absolute Gasteiger partial charge is 0.444 e. The molecule has 40 heavy (non-hydrogen) atoms. The standard InChI is InChI=1S/C25H35N3O7S.2C2H6/c1-18(2)16-27(36(33,34)21-13-11-20(12-14-21)28(31)32)17-23(29)22(15-19-9-7-6-8-10-19)26-24(30)35-25(3,4)5;2*1-2/h6-14,18,22-23,29H,15-17H2,1-5H3,(H,26,30);2*1-2H3/t22-,23+;;/m0../s1. The molecule has 0 spiro atoms. The summed E-state index contributed by atoms with van der Waals surface area (Å²) in [6.45, 7) is 16.6. The molecule has 2 aromatic carbocycles. The molecule has 0 radical (unpaired) electrons. The number of carbonyl (C=O) groups excluding carboxylic acids is 1. The first kappa shape index (κ1) is 37.0. The molecule has 10 nitrogen and oxygen atoms in total. The summed E-state index contributed by atoms with van der Waals surface area (Å²) in [4.78, 5) is 22.7. The topological polar surface area (TPSA) is 139 Å². The zero-order valence-electron chi connectivity index (χ0n) is 25.2. The van der Waals surface area contributed by atoms with E-state index < -0.39 is 38.8 Å². The fourth-order valence-corrected chi connectivity index (χ4v) is 5.13. The van der Waals surface area contributed by atoms with Crippen LogP contribution in [-0.2, 0) is 21.2 Å². The Morgan fingerprint density at radius 3 is 1.98 bits per heavy atom.